The molecule has 1 heterocycles. The maximum atomic E-state index is 12.0. The molecule has 19 heavy (non-hydrogen) atoms. The third kappa shape index (κ3) is 4.29. The third-order valence-electron chi connectivity index (χ3n) is 2.65. The molecule has 100 valence electrons. The number of nitrogens with two attached hydrogens (primary N) is 1. The van der Waals surface area contributed by atoms with Crippen LogP contribution in [0.1, 0.15) is 5.56 Å². The summed E-state index contributed by atoms with van der Waals surface area (Å²) in [5.41, 5.74) is 7.61. The van der Waals surface area contributed by atoms with Crippen molar-refractivity contribution >= 4 is 34.7 Å². The topological polar surface area (TPSA) is 46.3 Å². The van der Waals surface area contributed by atoms with Crippen LogP contribution in [0, 0.1) is 0 Å². The number of nitrogen functional groups attached to an aromatic ring is 1. The van der Waals surface area contributed by atoms with Gasteiger partial charge in [0.25, 0.3) is 0 Å². The monoisotopic (exact) mass is 292 g/mol. The number of amides is 1. The Morgan fingerprint density at radius 3 is 2.95 bits per heavy atom. The van der Waals surface area contributed by atoms with Gasteiger partial charge < -0.3 is 10.6 Å². The van der Waals surface area contributed by atoms with Crippen molar-refractivity contribution in [1.29, 1.82) is 0 Å². The molecule has 2 aromatic rings. The summed E-state index contributed by atoms with van der Waals surface area (Å²) in [4.78, 5) is 14.8. The number of carbonyl (C=O) groups excluding carboxylic acids is 1. The molecule has 3 nitrogen and oxygen atoms in total. The van der Waals surface area contributed by atoms with Crippen LogP contribution in [0.4, 0.5) is 5.69 Å². The molecule has 0 saturated heterocycles. The number of thiophene rings is 1. The zero-order chi connectivity index (χ0) is 13.7. The Morgan fingerprint density at radius 1 is 1.42 bits per heavy atom. The maximum absolute atomic E-state index is 12.0. The van der Waals surface area contributed by atoms with Crippen LogP contribution in [0.2, 0.25) is 0 Å². The van der Waals surface area contributed by atoms with Crippen molar-refractivity contribution in [3.63, 3.8) is 0 Å². The summed E-state index contributed by atoms with van der Waals surface area (Å²) >= 11 is 3.16. The van der Waals surface area contributed by atoms with Gasteiger partial charge in [-0.2, -0.15) is 11.3 Å². The van der Waals surface area contributed by atoms with Gasteiger partial charge in [-0.05, 0) is 40.6 Å². The van der Waals surface area contributed by atoms with E-state index in [-0.39, 0.29) is 5.91 Å². The Balaban J connectivity index is 1.84. The highest BCUT2D eigenvalue weighted by molar-refractivity contribution is 8.00. The van der Waals surface area contributed by atoms with Gasteiger partial charge in [0.05, 0.1) is 5.75 Å². The van der Waals surface area contributed by atoms with Crippen molar-refractivity contribution in [2.45, 2.75) is 11.4 Å². The van der Waals surface area contributed by atoms with Crippen LogP contribution in [0.25, 0.3) is 0 Å². The minimum atomic E-state index is 0.124. The van der Waals surface area contributed by atoms with Gasteiger partial charge in [0.15, 0.2) is 0 Å². The van der Waals surface area contributed by atoms with Crippen LogP contribution in [-0.2, 0) is 11.3 Å². The average Bonchev–Trinajstić information content (AvgIpc) is 2.89. The Hall–Kier alpha value is -1.46. The Morgan fingerprint density at radius 2 is 2.26 bits per heavy atom. The summed E-state index contributed by atoms with van der Waals surface area (Å²) in [5, 5.41) is 4.09. The summed E-state index contributed by atoms with van der Waals surface area (Å²) in [6.07, 6.45) is 0. The number of nitrogens with zero attached hydrogens (tertiary/aromatic N) is 1. The molecule has 0 unspecified atom stereocenters. The fraction of sp³-hybridized carbons (Fsp3) is 0.214. The van der Waals surface area contributed by atoms with E-state index in [0.29, 0.717) is 12.3 Å². The van der Waals surface area contributed by atoms with Crippen molar-refractivity contribution in [1.82, 2.24) is 4.90 Å². The molecule has 0 bridgehead atoms. The first kappa shape index (κ1) is 14.0. The number of thioether (sulfide) groups is 1. The van der Waals surface area contributed by atoms with E-state index in [2.05, 4.69) is 5.38 Å². The van der Waals surface area contributed by atoms with Gasteiger partial charge >= 0.3 is 0 Å². The predicted molar refractivity (Wildman–Crippen MR) is 82.4 cm³/mol. The predicted octanol–water partition coefficient (Wildman–Crippen LogP) is 3.08. The number of rotatable bonds is 5. The minimum absolute atomic E-state index is 0.124. The summed E-state index contributed by atoms with van der Waals surface area (Å²) in [5.74, 6) is 0.558. The lowest BCUT2D eigenvalue weighted by Crippen LogP contribution is -2.27. The molecule has 0 saturated carbocycles. The first-order valence-corrected chi connectivity index (χ1v) is 7.81. The van der Waals surface area contributed by atoms with Crippen molar-refractivity contribution in [2.75, 3.05) is 18.5 Å². The largest absolute Gasteiger partial charge is 0.399 e. The van der Waals surface area contributed by atoms with Gasteiger partial charge in [-0.1, -0.05) is 6.07 Å². The zero-order valence-electron chi connectivity index (χ0n) is 10.7. The molecule has 5 heteroatoms. The fourth-order valence-electron chi connectivity index (χ4n) is 1.60. The van der Waals surface area contributed by atoms with Gasteiger partial charge in [-0.25, -0.2) is 0 Å². The van der Waals surface area contributed by atoms with Crippen LogP contribution >= 0.6 is 23.1 Å². The molecule has 0 aliphatic carbocycles. The maximum Gasteiger partial charge on any atom is 0.232 e. The van der Waals surface area contributed by atoms with Gasteiger partial charge in [-0.15, -0.1) is 11.8 Å². The van der Waals surface area contributed by atoms with E-state index in [9.17, 15) is 4.79 Å². The third-order valence-corrected chi connectivity index (χ3v) is 4.36. The van der Waals surface area contributed by atoms with Crippen molar-refractivity contribution in [2.24, 2.45) is 0 Å². The van der Waals surface area contributed by atoms with E-state index >= 15 is 0 Å². The fourth-order valence-corrected chi connectivity index (χ4v) is 3.17. The lowest BCUT2D eigenvalue weighted by Gasteiger charge is -2.16. The number of carbonyl (C=O) groups is 1. The highest BCUT2D eigenvalue weighted by Gasteiger charge is 2.10. The van der Waals surface area contributed by atoms with Crippen LogP contribution in [0.3, 0.4) is 0 Å². The number of hydrogen-bond donors (Lipinski definition) is 1. The summed E-state index contributed by atoms with van der Waals surface area (Å²) < 4.78 is 0. The second kappa shape index (κ2) is 6.63. The zero-order valence-corrected chi connectivity index (χ0v) is 12.3. The number of hydrogen-bond acceptors (Lipinski definition) is 4. The van der Waals surface area contributed by atoms with Crippen LogP contribution in [0.15, 0.2) is 46.0 Å². The molecule has 1 aromatic heterocycles. The molecular formula is C14H16N2OS2. The Bertz CT molecular complexity index is 540. The van der Waals surface area contributed by atoms with E-state index < -0.39 is 0 Å². The lowest BCUT2D eigenvalue weighted by molar-refractivity contribution is -0.127. The average molecular weight is 292 g/mol. The minimum Gasteiger partial charge on any atom is -0.399 e. The van der Waals surface area contributed by atoms with Gasteiger partial charge in [0.1, 0.15) is 0 Å². The molecule has 0 atom stereocenters. The summed E-state index contributed by atoms with van der Waals surface area (Å²) in [7, 11) is 1.83. The highest BCUT2D eigenvalue weighted by Crippen LogP contribution is 2.20. The second-order valence-corrected chi connectivity index (χ2v) is 6.07. The van der Waals surface area contributed by atoms with Gasteiger partial charge in [-0.3, -0.25) is 4.79 Å². The molecule has 0 spiro atoms. The molecule has 0 fully saturated rings. The molecule has 1 amide bonds. The Labute approximate surface area is 121 Å². The molecule has 2 rings (SSSR count). The lowest BCUT2D eigenvalue weighted by atomic mass is 10.3. The summed E-state index contributed by atoms with van der Waals surface area (Å²) in [6, 6.07) is 9.63. The van der Waals surface area contributed by atoms with E-state index in [0.717, 1.165) is 10.6 Å². The normalized spacial score (nSPS) is 10.4. The Kier molecular flexibility index (Phi) is 4.87. The van der Waals surface area contributed by atoms with E-state index in [1.54, 1.807) is 16.2 Å². The smallest absolute Gasteiger partial charge is 0.232 e. The van der Waals surface area contributed by atoms with Crippen LogP contribution < -0.4 is 5.73 Å². The van der Waals surface area contributed by atoms with E-state index in [1.165, 1.54) is 17.3 Å². The summed E-state index contributed by atoms with van der Waals surface area (Å²) in [6.45, 7) is 0.666. The molecule has 1 aromatic carbocycles. The molecule has 0 aliphatic rings. The van der Waals surface area contributed by atoms with Crippen LogP contribution in [0.5, 0.6) is 0 Å². The van der Waals surface area contributed by atoms with Crippen molar-refractivity contribution < 1.29 is 4.79 Å². The van der Waals surface area contributed by atoms with Crippen LogP contribution in [-0.4, -0.2) is 23.6 Å². The molecular weight excluding hydrogens is 276 g/mol. The van der Waals surface area contributed by atoms with Gasteiger partial charge in [0.2, 0.25) is 5.91 Å². The number of benzene rings is 1. The van der Waals surface area contributed by atoms with E-state index in [1.807, 2.05) is 42.8 Å². The molecule has 0 radical (unpaired) electrons. The van der Waals surface area contributed by atoms with Crippen molar-refractivity contribution in [3.8, 4) is 0 Å². The van der Waals surface area contributed by atoms with Gasteiger partial charge in [0, 0.05) is 24.2 Å². The second-order valence-electron chi connectivity index (χ2n) is 4.24. The standard InChI is InChI=1S/C14H16N2OS2/c1-16(8-11-5-6-18-9-11)14(17)10-19-13-4-2-3-12(15)7-13/h2-7,9H,8,10,15H2,1H3. The first-order valence-electron chi connectivity index (χ1n) is 5.88. The van der Waals surface area contributed by atoms with E-state index in [4.69, 9.17) is 5.73 Å². The highest BCUT2D eigenvalue weighted by atomic mass is 32.2. The molecule has 0 aliphatic heterocycles. The quantitative estimate of drug-likeness (QED) is 0.680. The first-order chi connectivity index (χ1) is 9.15. The molecule has 2 N–H and O–H groups in total. The van der Waals surface area contributed by atoms with Crippen molar-refractivity contribution in [3.05, 3.63) is 46.7 Å². The SMILES string of the molecule is CN(Cc1ccsc1)C(=O)CSc1cccc(N)c1. The number of anilines is 1.